The molecule has 0 aliphatic heterocycles. The zero-order valence-corrected chi connectivity index (χ0v) is 6.95. The van der Waals surface area contributed by atoms with Gasteiger partial charge in [0.05, 0.1) is 6.20 Å². The van der Waals surface area contributed by atoms with Gasteiger partial charge in [0, 0.05) is 6.54 Å². The standard InChI is InChI=1S/C6H8N2O3S/c7-3-4(5(9)10)12-6-8-1-2-11-6/h1-2,4H,3,7H2,(H,9,10). The van der Waals surface area contributed by atoms with Gasteiger partial charge in [0.2, 0.25) is 0 Å². The summed E-state index contributed by atoms with van der Waals surface area (Å²) in [6, 6.07) is 0. The molecule has 0 aliphatic rings. The fraction of sp³-hybridized carbons (Fsp3) is 0.333. The van der Waals surface area contributed by atoms with Crippen molar-refractivity contribution in [2.75, 3.05) is 6.54 Å². The van der Waals surface area contributed by atoms with Crippen LogP contribution in [-0.4, -0.2) is 27.9 Å². The van der Waals surface area contributed by atoms with Gasteiger partial charge in [-0.05, 0) is 0 Å². The van der Waals surface area contributed by atoms with Crippen LogP contribution in [0.25, 0.3) is 0 Å². The Kier molecular flexibility index (Phi) is 3.12. The number of carbonyl (C=O) groups is 1. The first kappa shape index (κ1) is 9.08. The number of rotatable bonds is 4. The quantitative estimate of drug-likeness (QED) is 0.655. The van der Waals surface area contributed by atoms with Crippen LogP contribution < -0.4 is 5.73 Å². The summed E-state index contributed by atoms with van der Waals surface area (Å²) in [4.78, 5) is 14.3. The lowest BCUT2D eigenvalue weighted by Gasteiger charge is -2.04. The number of aromatic nitrogens is 1. The maximum absolute atomic E-state index is 10.5. The molecule has 0 saturated carbocycles. The van der Waals surface area contributed by atoms with Gasteiger partial charge in [0.1, 0.15) is 11.5 Å². The largest absolute Gasteiger partial charge is 0.480 e. The van der Waals surface area contributed by atoms with Crippen molar-refractivity contribution >= 4 is 17.7 Å². The third-order valence-corrected chi connectivity index (χ3v) is 2.22. The van der Waals surface area contributed by atoms with Crippen LogP contribution in [0.1, 0.15) is 0 Å². The summed E-state index contributed by atoms with van der Waals surface area (Å²) in [5, 5.41) is 8.24. The van der Waals surface area contributed by atoms with E-state index in [2.05, 4.69) is 4.98 Å². The van der Waals surface area contributed by atoms with Gasteiger partial charge in [-0.1, -0.05) is 11.8 Å². The van der Waals surface area contributed by atoms with Crippen molar-refractivity contribution in [2.45, 2.75) is 10.5 Å². The minimum atomic E-state index is -0.958. The number of carboxylic acids is 1. The minimum Gasteiger partial charge on any atom is -0.480 e. The summed E-state index contributed by atoms with van der Waals surface area (Å²) in [5.41, 5.74) is 5.22. The van der Waals surface area contributed by atoms with Crippen LogP contribution in [0.4, 0.5) is 0 Å². The van der Waals surface area contributed by atoms with E-state index in [4.69, 9.17) is 15.3 Å². The van der Waals surface area contributed by atoms with E-state index in [9.17, 15) is 4.79 Å². The second kappa shape index (κ2) is 4.13. The molecular weight excluding hydrogens is 180 g/mol. The van der Waals surface area contributed by atoms with Gasteiger partial charge in [0.15, 0.2) is 0 Å². The molecule has 1 aromatic heterocycles. The molecule has 1 aromatic rings. The molecule has 1 unspecified atom stereocenters. The zero-order chi connectivity index (χ0) is 8.97. The number of hydrogen-bond donors (Lipinski definition) is 2. The van der Waals surface area contributed by atoms with Crippen molar-refractivity contribution in [3.05, 3.63) is 12.5 Å². The molecule has 5 nitrogen and oxygen atoms in total. The van der Waals surface area contributed by atoms with Crippen molar-refractivity contribution in [2.24, 2.45) is 5.73 Å². The van der Waals surface area contributed by atoms with Crippen LogP contribution in [0.2, 0.25) is 0 Å². The van der Waals surface area contributed by atoms with Crippen LogP contribution in [0.5, 0.6) is 0 Å². The van der Waals surface area contributed by atoms with Crippen LogP contribution in [0, 0.1) is 0 Å². The van der Waals surface area contributed by atoms with Gasteiger partial charge >= 0.3 is 5.97 Å². The molecule has 0 spiro atoms. The van der Waals surface area contributed by atoms with Crippen LogP contribution in [0.15, 0.2) is 22.1 Å². The lowest BCUT2D eigenvalue weighted by Crippen LogP contribution is -2.25. The Morgan fingerprint density at radius 3 is 3.08 bits per heavy atom. The van der Waals surface area contributed by atoms with Gasteiger partial charge in [-0.25, -0.2) is 4.98 Å². The predicted octanol–water partition coefficient (Wildman–Crippen LogP) is 0.179. The molecule has 0 saturated heterocycles. The van der Waals surface area contributed by atoms with E-state index < -0.39 is 11.2 Å². The number of carboxylic acid groups (broad SMARTS) is 1. The molecule has 1 atom stereocenters. The molecular formula is C6H8N2O3S. The molecule has 0 radical (unpaired) electrons. The Hall–Kier alpha value is -1.01. The lowest BCUT2D eigenvalue weighted by molar-refractivity contribution is -0.136. The monoisotopic (exact) mass is 188 g/mol. The smallest absolute Gasteiger partial charge is 0.318 e. The molecule has 0 bridgehead atoms. The van der Waals surface area contributed by atoms with E-state index in [-0.39, 0.29) is 6.54 Å². The minimum absolute atomic E-state index is 0.0579. The topological polar surface area (TPSA) is 89.4 Å². The summed E-state index contributed by atoms with van der Waals surface area (Å²) in [6.07, 6.45) is 2.84. The molecule has 66 valence electrons. The van der Waals surface area contributed by atoms with Crippen molar-refractivity contribution < 1.29 is 14.3 Å². The molecule has 0 aliphatic carbocycles. The number of nitrogens with zero attached hydrogens (tertiary/aromatic N) is 1. The zero-order valence-electron chi connectivity index (χ0n) is 6.14. The van der Waals surface area contributed by atoms with E-state index in [0.717, 1.165) is 11.8 Å². The number of hydrogen-bond acceptors (Lipinski definition) is 5. The van der Waals surface area contributed by atoms with E-state index >= 15 is 0 Å². The average Bonchev–Trinajstić information content (AvgIpc) is 2.51. The summed E-state index contributed by atoms with van der Waals surface area (Å²) in [7, 11) is 0. The molecule has 6 heteroatoms. The fourth-order valence-corrected chi connectivity index (χ4v) is 1.26. The summed E-state index contributed by atoms with van der Waals surface area (Å²) in [6.45, 7) is 0.0579. The fourth-order valence-electron chi connectivity index (χ4n) is 0.590. The predicted molar refractivity (Wildman–Crippen MR) is 42.8 cm³/mol. The molecule has 1 heterocycles. The van der Waals surface area contributed by atoms with Crippen LogP contribution >= 0.6 is 11.8 Å². The third kappa shape index (κ3) is 2.24. The highest BCUT2D eigenvalue weighted by atomic mass is 32.2. The SMILES string of the molecule is NCC(Sc1ncco1)C(=O)O. The first-order chi connectivity index (χ1) is 5.74. The van der Waals surface area contributed by atoms with Gasteiger partial charge < -0.3 is 15.3 Å². The third-order valence-electron chi connectivity index (χ3n) is 1.14. The summed E-state index contributed by atoms with van der Waals surface area (Å²) in [5.74, 6) is -0.958. The molecule has 3 N–H and O–H groups in total. The highest BCUT2D eigenvalue weighted by molar-refractivity contribution is 8.00. The Balaban J connectivity index is 2.54. The van der Waals surface area contributed by atoms with Gasteiger partial charge in [-0.3, -0.25) is 4.79 Å². The number of aliphatic carboxylic acids is 1. The average molecular weight is 188 g/mol. The molecule has 0 amide bonds. The first-order valence-corrected chi connectivity index (χ1v) is 4.11. The van der Waals surface area contributed by atoms with Gasteiger partial charge in [0.25, 0.3) is 5.22 Å². The van der Waals surface area contributed by atoms with Crippen molar-refractivity contribution in [1.29, 1.82) is 0 Å². The Morgan fingerprint density at radius 2 is 2.67 bits per heavy atom. The molecule has 1 rings (SSSR count). The Morgan fingerprint density at radius 1 is 1.92 bits per heavy atom. The summed E-state index contributed by atoms with van der Waals surface area (Å²) >= 11 is 1.00. The van der Waals surface area contributed by atoms with Gasteiger partial charge in [-0.2, -0.15) is 0 Å². The van der Waals surface area contributed by atoms with Crippen molar-refractivity contribution in [3.8, 4) is 0 Å². The highest BCUT2D eigenvalue weighted by Gasteiger charge is 2.18. The van der Waals surface area contributed by atoms with Gasteiger partial charge in [-0.15, -0.1) is 0 Å². The highest BCUT2D eigenvalue weighted by Crippen LogP contribution is 2.20. The van der Waals surface area contributed by atoms with Crippen LogP contribution in [0.3, 0.4) is 0 Å². The second-order valence-corrected chi connectivity index (χ2v) is 3.13. The number of oxazole rings is 1. The molecule has 0 fully saturated rings. The molecule has 12 heavy (non-hydrogen) atoms. The van der Waals surface area contributed by atoms with Crippen LogP contribution in [-0.2, 0) is 4.79 Å². The normalized spacial score (nSPS) is 12.8. The van der Waals surface area contributed by atoms with E-state index in [0.29, 0.717) is 5.22 Å². The lowest BCUT2D eigenvalue weighted by atomic mass is 10.4. The maximum Gasteiger partial charge on any atom is 0.318 e. The van der Waals surface area contributed by atoms with E-state index in [1.165, 1.54) is 12.5 Å². The van der Waals surface area contributed by atoms with E-state index in [1.807, 2.05) is 0 Å². The first-order valence-electron chi connectivity index (χ1n) is 3.23. The number of thioether (sulfide) groups is 1. The summed E-state index contributed by atoms with van der Waals surface area (Å²) < 4.78 is 4.85. The second-order valence-electron chi connectivity index (χ2n) is 1.98. The van der Waals surface area contributed by atoms with Crippen molar-refractivity contribution in [1.82, 2.24) is 4.98 Å². The van der Waals surface area contributed by atoms with E-state index in [1.54, 1.807) is 0 Å². The Bertz CT molecular complexity index is 249. The van der Waals surface area contributed by atoms with Crippen molar-refractivity contribution in [3.63, 3.8) is 0 Å². The maximum atomic E-state index is 10.5. The number of nitrogens with two attached hydrogens (primary N) is 1. The molecule has 0 aromatic carbocycles. The Labute approximate surface area is 73.0 Å².